The van der Waals surface area contributed by atoms with E-state index in [1.54, 1.807) is 0 Å². The minimum absolute atomic E-state index is 0.0265. The Bertz CT molecular complexity index is 1890. The molecule has 0 spiro atoms. The highest BCUT2D eigenvalue weighted by atomic mass is 19.4. The van der Waals surface area contributed by atoms with Crippen molar-refractivity contribution in [2.45, 2.75) is 51.0 Å². The Kier molecular flexibility index (Phi) is 9.15. The van der Waals surface area contributed by atoms with Crippen molar-refractivity contribution in [3.05, 3.63) is 82.1 Å². The molecule has 1 saturated heterocycles. The lowest BCUT2D eigenvalue weighted by molar-refractivity contribution is -0.233. The standard InChI is InChI=1S/C34H33F6N3O4/c1-3-16-43-17-14-32(15-18-43,34(38,39)40)31(47)41-25(30(45)46)19-20-8-6-11-22-21(20)10-7-12-23(22)27-28(33(35,36)37)24-9-4-5-13-26(24)42(2)29(27)44/h4-13,25H,3,14-19H2,1-2H3,(H,41,47)(H,45,46)/t25-/m0/s1. The Balaban J connectivity index is 1.56. The second-order valence-electron chi connectivity index (χ2n) is 11.9. The van der Waals surface area contributed by atoms with Crippen molar-refractivity contribution in [1.82, 2.24) is 14.8 Å². The van der Waals surface area contributed by atoms with E-state index in [9.17, 15) is 45.8 Å². The third kappa shape index (κ3) is 6.20. The van der Waals surface area contributed by atoms with Gasteiger partial charge in [-0.2, -0.15) is 26.3 Å². The Labute approximate surface area is 265 Å². The number of nitrogens with one attached hydrogen (secondary N) is 1. The molecule has 0 unspecified atom stereocenters. The average Bonchev–Trinajstić information content (AvgIpc) is 3.01. The highest BCUT2D eigenvalue weighted by Crippen LogP contribution is 2.47. The number of para-hydroxylation sites is 1. The summed E-state index contributed by atoms with van der Waals surface area (Å²) in [6.45, 7) is 2.52. The first-order valence-corrected chi connectivity index (χ1v) is 15.1. The molecule has 2 N–H and O–H groups in total. The zero-order valence-electron chi connectivity index (χ0n) is 25.6. The number of hydrogen-bond acceptors (Lipinski definition) is 4. The SMILES string of the molecule is CCCN1CCC(C(=O)N[C@@H](Cc2cccc3c(-c4c(C(F)(F)F)c5ccccc5n(C)c4=O)cccc23)C(=O)O)(C(F)(F)F)CC1. The predicted octanol–water partition coefficient (Wildman–Crippen LogP) is 6.54. The summed E-state index contributed by atoms with van der Waals surface area (Å²) in [5, 5.41) is 12.4. The lowest BCUT2D eigenvalue weighted by Gasteiger charge is -2.41. The van der Waals surface area contributed by atoms with Gasteiger partial charge in [-0.25, -0.2) is 4.79 Å². The predicted molar refractivity (Wildman–Crippen MR) is 165 cm³/mol. The van der Waals surface area contributed by atoms with Gasteiger partial charge in [0, 0.05) is 18.9 Å². The molecule has 2 heterocycles. The van der Waals surface area contributed by atoms with Crippen molar-refractivity contribution in [3.8, 4) is 11.1 Å². The van der Waals surface area contributed by atoms with Crippen LogP contribution in [0.5, 0.6) is 0 Å². The number of carbonyl (C=O) groups is 2. The molecule has 1 aliphatic rings. The lowest BCUT2D eigenvalue weighted by Crippen LogP contribution is -2.59. The summed E-state index contributed by atoms with van der Waals surface area (Å²) in [7, 11) is 1.37. The lowest BCUT2D eigenvalue weighted by atomic mass is 9.76. The number of benzene rings is 3. The van der Waals surface area contributed by atoms with Gasteiger partial charge in [0.05, 0.1) is 16.6 Å². The largest absolute Gasteiger partial charge is 0.480 e. The van der Waals surface area contributed by atoms with Crippen molar-refractivity contribution >= 4 is 33.6 Å². The number of aliphatic carboxylic acids is 1. The van der Waals surface area contributed by atoms with E-state index in [1.165, 1.54) is 67.7 Å². The van der Waals surface area contributed by atoms with Gasteiger partial charge in [0.1, 0.15) is 11.5 Å². The summed E-state index contributed by atoms with van der Waals surface area (Å²) in [6, 6.07) is 12.6. The van der Waals surface area contributed by atoms with Crippen LogP contribution in [-0.2, 0) is 29.2 Å². The molecule has 0 aliphatic carbocycles. The van der Waals surface area contributed by atoms with Crippen LogP contribution < -0.4 is 10.9 Å². The molecule has 250 valence electrons. The third-order valence-electron chi connectivity index (χ3n) is 9.12. The first kappa shape index (κ1) is 34.0. The number of aryl methyl sites for hydroxylation is 1. The van der Waals surface area contributed by atoms with Crippen molar-refractivity contribution in [2.75, 3.05) is 19.6 Å². The molecule has 7 nitrogen and oxygen atoms in total. The molecule has 0 radical (unpaired) electrons. The van der Waals surface area contributed by atoms with E-state index < -0.39 is 71.6 Å². The van der Waals surface area contributed by atoms with Gasteiger partial charge in [-0.3, -0.25) is 9.59 Å². The molecule has 4 aromatic rings. The number of carbonyl (C=O) groups excluding carboxylic acids is 1. The van der Waals surface area contributed by atoms with Gasteiger partial charge in [0.25, 0.3) is 5.56 Å². The molecular weight excluding hydrogens is 628 g/mol. The van der Waals surface area contributed by atoms with Gasteiger partial charge in [0.2, 0.25) is 5.91 Å². The fraction of sp³-hybridized carbons (Fsp3) is 0.382. The topological polar surface area (TPSA) is 91.6 Å². The minimum atomic E-state index is -4.92. The summed E-state index contributed by atoms with van der Waals surface area (Å²) in [5.74, 6) is -3.00. The second kappa shape index (κ2) is 12.7. The fourth-order valence-electron chi connectivity index (χ4n) is 6.64. The second-order valence-corrected chi connectivity index (χ2v) is 11.9. The molecule has 1 amide bonds. The minimum Gasteiger partial charge on any atom is -0.480 e. The molecule has 47 heavy (non-hydrogen) atoms. The zero-order valence-corrected chi connectivity index (χ0v) is 25.6. The summed E-state index contributed by atoms with van der Waals surface area (Å²) in [5.41, 5.74) is -5.08. The number of nitrogens with zero attached hydrogens (tertiary/aromatic N) is 2. The molecule has 0 bridgehead atoms. The number of piperidine rings is 1. The maximum atomic E-state index is 14.6. The Morgan fingerprint density at radius 3 is 2.15 bits per heavy atom. The number of amides is 1. The fourth-order valence-corrected chi connectivity index (χ4v) is 6.64. The van der Waals surface area contributed by atoms with E-state index >= 15 is 0 Å². The van der Waals surface area contributed by atoms with Crippen molar-refractivity contribution in [1.29, 1.82) is 0 Å². The summed E-state index contributed by atoms with van der Waals surface area (Å²) in [4.78, 5) is 41.0. The van der Waals surface area contributed by atoms with Crippen LogP contribution >= 0.6 is 0 Å². The third-order valence-corrected chi connectivity index (χ3v) is 9.12. The van der Waals surface area contributed by atoms with Crippen LogP contribution in [-0.4, -0.2) is 58.3 Å². The normalized spacial score (nSPS) is 16.3. The number of alkyl halides is 6. The molecule has 1 aromatic heterocycles. The monoisotopic (exact) mass is 661 g/mol. The highest BCUT2D eigenvalue weighted by Gasteiger charge is 2.61. The van der Waals surface area contributed by atoms with Crippen LogP contribution in [0, 0.1) is 5.41 Å². The maximum absolute atomic E-state index is 14.6. The Morgan fingerprint density at radius 1 is 0.915 bits per heavy atom. The van der Waals surface area contributed by atoms with Crippen LogP contribution in [0.4, 0.5) is 26.3 Å². The van der Waals surface area contributed by atoms with Gasteiger partial charge in [0.15, 0.2) is 0 Å². The molecule has 3 aromatic carbocycles. The Hall–Kier alpha value is -4.39. The zero-order chi connectivity index (χ0) is 34.3. The first-order chi connectivity index (χ1) is 22.1. The molecule has 1 fully saturated rings. The maximum Gasteiger partial charge on any atom is 0.417 e. The molecular formula is C34H33F6N3O4. The van der Waals surface area contributed by atoms with Crippen molar-refractivity contribution in [3.63, 3.8) is 0 Å². The number of fused-ring (bicyclic) bond motifs is 2. The molecule has 1 aliphatic heterocycles. The summed E-state index contributed by atoms with van der Waals surface area (Å²) >= 11 is 0. The van der Waals surface area contributed by atoms with Crippen LogP contribution in [0.2, 0.25) is 0 Å². The summed E-state index contributed by atoms with van der Waals surface area (Å²) in [6.07, 6.45) is -10.6. The molecule has 13 heteroatoms. The van der Waals surface area contributed by atoms with Gasteiger partial charge >= 0.3 is 18.3 Å². The van der Waals surface area contributed by atoms with E-state index in [4.69, 9.17) is 0 Å². The summed E-state index contributed by atoms with van der Waals surface area (Å²) < 4.78 is 88.2. The van der Waals surface area contributed by atoms with Crippen LogP contribution in [0.15, 0.2) is 65.5 Å². The van der Waals surface area contributed by atoms with E-state index in [0.717, 1.165) is 11.0 Å². The van der Waals surface area contributed by atoms with E-state index in [0.29, 0.717) is 6.54 Å². The molecule has 1 atom stereocenters. The first-order valence-electron chi connectivity index (χ1n) is 15.1. The highest BCUT2D eigenvalue weighted by molar-refractivity contribution is 6.02. The quantitative estimate of drug-likeness (QED) is 0.209. The average molecular weight is 662 g/mol. The van der Waals surface area contributed by atoms with Gasteiger partial charge in [-0.15, -0.1) is 0 Å². The van der Waals surface area contributed by atoms with E-state index in [1.807, 2.05) is 11.8 Å². The smallest absolute Gasteiger partial charge is 0.417 e. The van der Waals surface area contributed by atoms with Crippen LogP contribution in [0.3, 0.4) is 0 Å². The molecule has 0 saturated carbocycles. The van der Waals surface area contributed by atoms with Gasteiger partial charge in [-0.05, 0) is 66.9 Å². The van der Waals surface area contributed by atoms with Crippen molar-refractivity contribution < 1.29 is 41.0 Å². The number of aromatic nitrogens is 1. The molecule has 5 rings (SSSR count). The Morgan fingerprint density at radius 2 is 1.53 bits per heavy atom. The number of carboxylic acids is 1. The van der Waals surface area contributed by atoms with Crippen LogP contribution in [0.1, 0.15) is 37.3 Å². The number of halogens is 6. The number of rotatable bonds is 8. The number of hydrogen-bond donors (Lipinski definition) is 2. The van der Waals surface area contributed by atoms with E-state index in [2.05, 4.69) is 5.32 Å². The number of pyridine rings is 1. The van der Waals surface area contributed by atoms with Gasteiger partial charge < -0.3 is 19.9 Å². The van der Waals surface area contributed by atoms with E-state index in [-0.39, 0.29) is 45.9 Å². The van der Waals surface area contributed by atoms with Gasteiger partial charge in [-0.1, -0.05) is 61.5 Å². The van der Waals surface area contributed by atoms with Crippen molar-refractivity contribution in [2.24, 2.45) is 12.5 Å². The van der Waals surface area contributed by atoms with Crippen LogP contribution in [0.25, 0.3) is 32.8 Å². The number of likely N-dealkylation sites (tertiary alicyclic amines) is 1. The number of carboxylic acid groups (broad SMARTS) is 1.